The van der Waals surface area contributed by atoms with Gasteiger partial charge >= 0.3 is 0 Å². The standard InChI is InChI=1S/C22H30N2O3/c25-20(19-10-8-18(9-11-19)17-6-1-2-7-17)24-15-5-12-22(27,16-24)21(26)23-13-3-4-14-23/h8-11,17,27H,1-7,12-16H2. The average molecular weight is 370 g/mol. The SMILES string of the molecule is O=C(c1ccc(C2CCCC2)cc1)N1CCCC(O)(C(=O)N2CCCC2)C1. The van der Waals surface area contributed by atoms with E-state index in [0.29, 0.717) is 30.9 Å². The van der Waals surface area contributed by atoms with Crippen LogP contribution < -0.4 is 0 Å². The number of likely N-dealkylation sites (tertiary alicyclic amines) is 2. The molecule has 1 atom stereocenters. The van der Waals surface area contributed by atoms with Crippen molar-refractivity contribution in [2.45, 2.75) is 62.9 Å². The summed E-state index contributed by atoms with van der Waals surface area (Å²) in [6.45, 7) is 2.14. The number of hydrogen-bond acceptors (Lipinski definition) is 3. The van der Waals surface area contributed by atoms with Gasteiger partial charge in [-0.2, -0.15) is 0 Å². The fourth-order valence-corrected chi connectivity index (χ4v) is 4.94. The minimum atomic E-state index is -1.43. The summed E-state index contributed by atoms with van der Waals surface area (Å²) in [7, 11) is 0. The first-order chi connectivity index (χ1) is 13.1. The number of rotatable bonds is 3. The van der Waals surface area contributed by atoms with Crippen LogP contribution in [0.4, 0.5) is 0 Å². The molecule has 3 aliphatic rings. The molecular weight excluding hydrogens is 340 g/mol. The Morgan fingerprint density at radius 1 is 0.889 bits per heavy atom. The van der Waals surface area contributed by atoms with Gasteiger partial charge in [0.2, 0.25) is 0 Å². The topological polar surface area (TPSA) is 60.9 Å². The number of β-amino-alcohol motifs (C(OH)–C–C–N with tert-alkyl or cyclic N) is 1. The molecular formula is C22H30N2O3. The van der Waals surface area contributed by atoms with Gasteiger partial charge in [-0.3, -0.25) is 9.59 Å². The molecule has 2 aliphatic heterocycles. The molecule has 146 valence electrons. The molecule has 1 saturated carbocycles. The van der Waals surface area contributed by atoms with Crippen molar-refractivity contribution < 1.29 is 14.7 Å². The quantitative estimate of drug-likeness (QED) is 0.890. The lowest BCUT2D eigenvalue weighted by atomic mass is 9.90. The highest BCUT2D eigenvalue weighted by Crippen LogP contribution is 2.34. The lowest BCUT2D eigenvalue weighted by Crippen LogP contribution is -2.58. The van der Waals surface area contributed by atoms with E-state index in [9.17, 15) is 14.7 Å². The van der Waals surface area contributed by atoms with Crippen molar-refractivity contribution in [2.24, 2.45) is 0 Å². The van der Waals surface area contributed by atoms with Crippen LogP contribution >= 0.6 is 0 Å². The number of amides is 2. The van der Waals surface area contributed by atoms with Gasteiger partial charge in [-0.15, -0.1) is 0 Å². The lowest BCUT2D eigenvalue weighted by molar-refractivity contribution is -0.154. The maximum absolute atomic E-state index is 13.0. The van der Waals surface area contributed by atoms with E-state index in [1.807, 2.05) is 12.1 Å². The Hall–Kier alpha value is -1.88. The molecule has 2 amide bonds. The summed E-state index contributed by atoms with van der Waals surface area (Å²) in [5, 5.41) is 11.0. The van der Waals surface area contributed by atoms with Crippen LogP contribution in [0.1, 0.15) is 73.2 Å². The Morgan fingerprint density at radius 2 is 1.52 bits per heavy atom. The molecule has 5 heteroatoms. The number of benzene rings is 1. The summed E-state index contributed by atoms with van der Waals surface area (Å²) < 4.78 is 0. The van der Waals surface area contributed by atoms with Crippen LogP contribution in [0, 0.1) is 0 Å². The van der Waals surface area contributed by atoms with Gasteiger partial charge in [0.25, 0.3) is 11.8 Å². The summed E-state index contributed by atoms with van der Waals surface area (Å²) >= 11 is 0. The van der Waals surface area contributed by atoms with E-state index >= 15 is 0 Å². The summed E-state index contributed by atoms with van der Waals surface area (Å²) in [4.78, 5) is 29.1. The Bertz CT molecular complexity index is 690. The van der Waals surface area contributed by atoms with Crippen LogP contribution in [0.3, 0.4) is 0 Å². The molecule has 4 rings (SSSR count). The van der Waals surface area contributed by atoms with Gasteiger partial charge in [-0.25, -0.2) is 0 Å². The van der Waals surface area contributed by atoms with Gasteiger partial charge in [0.15, 0.2) is 5.60 Å². The number of nitrogens with zero attached hydrogens (tertiary/aromatic N) is 2. The molecule has 0 spiro atoms. The Kier molecular flexibility index (Phi) is 5.22. The predicted molar refractivity (Wildman–Crippen MR) is 104 cm³/mol. The third-order valence-electron chi connectivity index (χ3n) is 6.53. The van der Waals surface area contributed by atoms with Crippen molar-refractivity contribution in [1.29, 1.82) is 0 Å². The van der Waals surface area contributed by atoms with Crippen LogP contribution in [0.2, 0.25) is 0 Å². The van der Waals surface area contributed by atoms with E-state index in [1.54, 1.807) is 9.80 Å². The minimum absolute atomic E-state index is 0.0830. The Morgan fingerprint density at radius 3 is 2.19 bits per heavy atom. The van der Waals surface area contributed by atoms with Crippen molar-refractivity contribution in [3.8, 4) is 0 Å². The number of piperidine rings is 1. The largest absolute Gasteiger partial charge is 0.378 e. The molecule has 1 aliphatic carbocycles. The van der Waals surface area contributed by atoms with E-state index in [-0.39, 0.29) is 18.4 Å². The number of carbonyl (C=O) groups excluding carboxylic acids is 2. The van der Waals surface area contributed by atoms with Gasteiger partial charge in [-0.05, 0) is 62.1 Å². The van der Waals surface area contributed by atoms with Gasteiger partial charge < -0.3 is 14.9 Å². The number of aliphatic hydroxyl groups is 1. The Labute approximate surface area is 161 Å². The second-order valence-electron chi connectivity index (χ2n) is 8.46. The van der Waals surface area contributed by atoms with Crippen LogP contribution in [0.15, 0.2) is 24.3 Å². The summed E-state index contributed by atoms with van der Waals surface area (Å²) in [6, 6.07) is 7.97. The zero-order chi connectivity index (χ0) is 18.9. The lowest BCUT2D eigenvalue weighted by Gasteiger charge is -2.40. The molecule has 2 heterocycles. The van der Waals surface area contributed by atoms with Crippen molar-refractivity contribution in [3.05, 3.63) is 35.4 Å². The third kappa shape index (κ3) is 3.75. The van der Waals surface area contributed by atoms with E-state index in [1.165, 1.54) is 31.2 Å². The van der Waals surface area contributed by atoms with Gasteiger partial charge in [-0.1, -0.05) is 25.0 Å². The summed E-state index contributed by atoms with van der Waals surface area (Å²) in [6.07, 6.45) is 8.16. The smallest absolute Gasteiger partial charge is 0.256 e. The maximum Gasteiger partial charge on any atom is 0.256 e. The van der Waals surface area contributed by atoms with Crippen molar-refractivity contribution in [1.82, 2.24) is 9.80 Å². The highest BCUT2D eigenvalue weighted by Gasteiger charge is 2.44. The zero-order valence-corrected chi connectivity index (χ0v) is 16.0. The molecule has 1 N–H and O–H groups in total. The zero-order valence-electron chi connectivity index (χ0n) is 16.0. The molecule has 2 saturated heterocycles. The van der Waals surface area contributed by atoms with Crippen LogP contribution in [-0.4, -0.2) is 58.5 Å². The van der Waals surface area contributed by atoms with Crippen molar-refractivity contribution in [3.63, 3.8) is 0 Å². The fraction of sp³-hybridized carbons (Fsp3) is 0.636. The number of carbonyl (C=O) groups is 2. The monoisotopic (exact) mass is 370 g/mol. The molecule has 0 bridgehead atoms. The molecule has 1 unspecified atom stereocenters. The van der Waals surface area contributed by atoms with Crippen LogP contribution in [0.5, 0.6) is 0 Å². The van der Waals surface area contributed by atoms with E-state index < -0.39 is 5.60 Å². The minimum Gasteiger partial charge on any atom is -0.378 e. The maximum atomic E-state index is 13.0. The molecule has 0 aromatic heterocycles. The first kappa shape index (κ1) is 18.5. The normalized spacial score (nSPS) is 26.6. The van der Waals surface area contributed by atoms with Gasteiger partial charge in [0.1, 0.15) is 0 Å². The van der Waals surface area contributed by atoms with Gasteiger partial charge in [0.05, 0.1) is 6.54 Å². The van der Waals surface area contributed by atoms with Gasteiger partial charge in [0, 0.05) is 25.2 Å². The second kappa shape index (κ2) is 7.63. The number of hydrogen-bond donors (Lipinski definition) is 1. The van der Waals surface area contributed by atoms with E-state index in [2.05, 4.69) is 12.1 Å². The third-order valence-corrected chi connectivity index (χ3v) is 6.53. The summed E-state index contributed by atoms with van der Waals surface area (Å²) in [5.74, 6) is 0.349. The molecule has 0 radical (unpaired) electrons. The van der Waals surface area contributed by atoms with E-state index in [0.717, 1.165) is 25.9 Å². The predicted octanol–water partition coefficient (Wildman–Crippen LogP) is 2.93. The molecule has 5 nitrogen and oxygen atoms in total. The summed E-state index contributed by atoms with van der Waals surface area (Å²) in [5.41, 5.74) is 0.542. The Balaban J connectivity index is 1.44. The molecule has 27 heavy (non-hydrogen) atoms. The first-order valence-electron chi connectivity index (χ1n) is 10.5. The van der Waals surface area contributed by atoms with E-state index in [4.69, 9.17) is 0 Å². The van der Waals surface area contributed by atoms with Crippen LogP contribution in [0.25, 0.3) is 0 Å². The van der Waals surface area contributed by atoms with Crippen molar-refractivity contribution >= 4 is 11.8 Å². The highest BCUT2D eigenvalue weighted by atomic mass is 16.3. The average Bonchev–Trinajstić information content (AvgIpc) is 3.41. The highest BCUT2D eigenvalue weighted by molar-refractivity contribution is 5.95. The fourth-order valence-electron chi connectivity index (χ4n) is 4.94. The second-order valence-corrected chi connectivity index (χ2v) is 8.46. The first-order valence-corrected chi connectivity index (χ1v) is 10.5. The molecule has 1 aromatic carbocycles. The molecule has 1 aromatic rings. The molecule has 3 fully saturated rings. The van der Waals surface area contributed by atoms with Crippen molar-refractivity contribution in [2.75, 3.05) is 26.2 Å². The van der Waals surface area contributed by atoms with Crippen LogP contribution in [-0.2, 0) is 4.79 Å².